The summed E-state index contributed by atoms with van der Waals surface area (Å²) < 4.78 is 5.93. The molecule has 1 atom stereocenters. The molecule has 1 saturated carbocycles. The number of nitrogens with two attached hydrogens (primary N) is 1. The topological polar surface area (TPSA) is 35.2 Å². The lowest BCUT2D eigenvalue weighted by Gasteiger charge is -2.17. The third kappa shape index (κ3) is 3.87. The van der Waals surface area contributed by atoms with Crippen LogP contribution in [-0.2, 0) is 6.42 Å². The summed E-state index contributed by atoms with van der Waals surface area (Å²) in [5, 5.41) is 0.738. The number of hydrogen-bond donors (Lipinski definition) is 1. The van der Waals surface area contributed by atoms with Crippen molar-refractivity contribution in [3.63, 3.8) is 0 Å². The summed E-state index contributed by atoms with van der Waals surface area (Å²) in [6.45, 7) is 5.83. The number of rotatable bonds is 7. The molecule has 106 valence electrons. The maximum Gasteiger partial charge on any atom is 0.141 e. The van der Waals surface area contributed by atoms with Crippen molar-refractivity contribution in [3.05, 3.63) is 28.3 Å². The molecule has 2 N–H and O–H groups in total. The van der Waals surface area contributed by atoms with Gasteiger partial charge < -0.3 is 10.5 Å². The van der Waals surface area contributed by atoms with Gasteiger partial charge in [-0.15, -0.1) is 0 Å². The first-order valence-corrected chi connectivity index (χ1v) is 7.68. The van der Waals surface area contributed by atoms with Crippen LogP contribution < -0.4 is 10.5 Å². The first-order valence-electron chi connectivity index (χ1n) is 7.30. The average molecular weight is 282 g/mol. The van der Waals surface area contributed by atoms with E-state index in [2.05, 4.69) is 26.0 Å². The van der Waals surface area contributed by atoms with Crippen molar-refractivity contribution in [2.24, 2.45) is 11.7 Å². The Morgan fingerprint density at radius 3 is 2.74 bits per heavy atom. The summed E-state index contributed by atoms with van der Waals surface area (Å²) in [7, 11) is 0. The first-order chi connectivity index (χ1) is 9.15. The van der Waals surface area contributed by atoms with Crippen LogP contribution in [0.3, 0.4) is 0 Å². The first kappa shape index (κ1) is 14.7. The fourth-order valence-electron chi connectivity index (χ4n) is 2.18. The lowest BCUT2D eigenvalue weighted by atomic mass is 9.95. The minimum Gasteiger partial charge on any atom is -0.491 e. The number of halogens is 1. The molecule has 0 amide bonds. The van der Waals surface area contributed by atoms with E-state index in [0.29, 0.717) is 12.5 Å². The highest BCUT2D eigenvalue weighted by atomic mass is 35.5. The van der Waals surface area contributed by atoms with Gasteiger partial charge >= 0.3 is 0 Å². The Bertz CT molecular complexity index is 429. The fraction of sp³-hybridized carbons (Fsp3) is 0.625. The van der Waals surface area contributed by atoms with Crippen molar-refractivity contribution >= 4 is 11.6 Å². The third-order valence-electron chi connectivity index (χ3n) is 3.90. The Morgan fingerprint density at radius 1 is 1.42 bits per heavy atom. The van der Waals surface area contributed by atoms with Crippen molar-refractivity contribution in [2.75, 3.05) is 13.2 Å². The molecule has 0 aliphatic heterocycles. The lowest BCUT2D eigenvalue weighted by Crippen LogP contribution is -2.08. The van der Waals surface area contributed by atoms with Crippen LogP contribution in [0.15, 0.2) is 12.1 Å². The molecular formula is C16H24ClNO. The summed E-state index contributed by atoms with van der Waals surface area (Å²) in [5.74, 6) is 2.11. The van der Waals surface area contributed by atoms with E-state index in [1.165, 1.54) is 18.4 Å². The van der Waals surface area contributed by atoms with Crippen LogP contribution in [0, 0.1) is 5.92 Å². The van der Waals surface area contributed by atoms with Crippen molar-refractivity contribution in [3.8, 4) is 5.75 Å². The highest BCUT2D eigenvalue weighted by Crippen LogP contribution is 2.36. The molecule has 1 aromatic rings. The molecule has 1 aliphatic carbocycles. The van der Waals surface area contributed by atoms with E-state index in [0.717, 1.165) is 41.7 Å². The Morgan fingerprint density at radius 2 is 2.16 bits per heavy atom. The van der Waals surface area contributed by atoms with Gasteiger partial charge in [0.15, 0.2) is 0 Å². The zero-order chi connectivity index (χ0) is 13.8. The van der Waals surface area contributed by atoms with Gasteiger partial charge in [-0.3, -0.25) is 0 Å². The molecule has 1 unspecified atom stereocenters. The van der Waals surface area contributed by atoms with Gasteiger partial charge in [-0.25, -0.2) is 0 Å². The minimum absolute atomic E-state index is 0.520. The van der Waals surface area contributed by atoms with E-state index < -0.39 is 0 Å². The predicted octanol–water partition coefficient (Wildman–Crippen LogP) is 4.14. The normalized spacial score (nSPS) is 16.4. The quantitative estimate of drug-likeness (QED) is 0.815. The molecule has 0 aromatic heterocycles. The summed E-state index contributed by atoms with van der Waals surface area (Å²) in [4.78, 5) is 0. The maximum atomic E-state index is 6.41. The Balaban J connectivity index is 2.23. The standard InChI is InChI=1S/C16H24ClNO/c1-3-11(2)14-8-13(6-7-18)16(15(17)9-14)19-10-12-4-5-12/h8-9,11-12H,3-7,10,18H2,1-2H3. The lowest BCUT2D eigenvalue weighted by molar-refractivity contribution is 0.297. The summed E-state index contributed by atoms with van der Waals surface area (Å²) in [6, 6.07) is 4.27. The number of ether oxygens (including phenoxy) is 1. The van der Waals surface area contributed by atoms with E-state index in [1.54, 1.807) is 0 Å². The molecule has 0 bridgehead atoms. The van der Waals surface area contributed by atoms with Crippen molar-refractivity contribution in [1.29, 1.82) is 0 Å². The summed E-state index contributed by atoms with van der Waals surface area (Å²) in [5.41, 5.74) is 8.15. The largest absolute Gasteiger partial charge is 0.491 e. The fourth-order valence-corrected chi connectivity index (χ4v) is 2.48. The smallest absolute Gasteiger partial charge is 0.141 e. The molecule has 0 radical (unpaired) electrons. The Kier molecular flexibility index (Phi) is 5.12. The molecule has 1 aliphatic rings. The minimum atomic E-state index is 0.520. The van der Waals surface area contributed by atoms with Gasteiger partial charge in [-0.1, -0.05) is 31.5 Å². The van der Waals surface area contributed by atoms with Crippen LogP contribution >= 0.6 is 11.6 Å². The van der Waals surface area contributed by atoms with Gasteiger partial charge in [0.2, 0.25) is 0 Å². The highest BCUT2D eigenvalue weighted by Gasteiger charge is 2.23. The van der Waals surface area contributed by atoms with Crippen molar-refractivity contribution in [1.82, 2.24) is 0 Å². The molecule has 1 aromatic carbocycles. The van der Waals surface area contributed by atoms with Gasteiger partial charge in [-0.05, 0) is 61.3 Å². The zero-order valence-corrected chi connectivity index (χ0v) is 12.7. The van der Waals surface area contributed by atoms with Crippen LogP contribution in [0.1, 0.15) is 50.2 Å². The van der Waals surface area contributed by atoms with Gasteiger partial charge in [0.25, 0.3) is 0 Å². The van der Waals surface area contributed by atoms with Gasteiger partial charge in [0, 0.05) is 0 Å². The highest BCUT2D eigenvalue weighted by molar-refractivity contribution is 6.32. The van der Waals surface area contributed by atoms with Gasteiger partial charge in [-0.2, -0.15) is 0 Å². The SMILES string of the molecule is CCC(C)c1cc(Cl)c(OCC2CC2)c(CCN)c1. The zero-order valence-electron chi connectivity index (χ0n) is 11.9. The van der Waals surface area contributed by atoms with Crippen LogP contribution in [0.5, 0.6) is 5.75 Å². The Hall–Kier alpha value is -0.730. The van der Waals surface area contributed by atoms with Crippen LogP contribution in [0.2, 0.25) is 5.02 Å². The van der Waals surface area contributed by atoms with Crippen LogP contribution in [0.4, 0.5) is 0 Å². The number of hydrogen-bond acceptors (Lipinski definition) is 2. The number of benzene rings is 1. The van der Waals surface area contributed by atoms with E-state index in [9.17, 15) is 0 Å². The van der Waals surface area contributed by atoms with E-state index in [1.807, 2.05) is 0 Å². The Labute approximate surface area is 121 Å². The molecule has 19 heavy (non-hydrogen) atoms. The van der Waals surface area contributed by atoms with Gasteiger partial charge in [0.05, 0.1) is 11.6 Å². The van der Waals surface area contributed by atoms with Crippen molar-refractivity contribution < 1.29 is 4.74 Å². The molecular weight excluding hydrogens is 258 g/mol. The average Bonchev–Trinajstić information content (AvgIpc) is 3.21. The molecule has 1 fully saturated rings. The van der Waals surface area contributed by atoms with E-state index in [-0.39, 0.29) is 0 Å². The molecule has 0 saturated heterocycles. The monoisotopic (exact) mass is 281 g/mol. The molecule has 2 nitrogen and oxygen atoms in total. The second-order valence-electron chi connectivity index (χ2n) is 5.59. The predicted molar refractivity (Wildman–Crippen MR) is 81.1 cm³/mol. The van der Waals surface area contributed by atoms with Gasteiger partial charge in [0.1, 0.15) is 5.75 Å². The summed E-state index contributed by atoms with van der Waals surface area (Å²) in [6.07, 6.45) is 4.51. The van der Waals surface area contributed by atoms with E-state index >= 15 is 0 Å². The molecule has 2 rings (SSSR count). The third-order valence-corrected chi connectivity index (χ3v) is 4.18. The molecule has 0 heterocycles. The van der Waals surface area contributed by atoms with Crippen molar-refractivity contribution in [2.45, 2.75) is 45.4 Å². The van der Waals surface area contributed by atoms with Crippen LogP contribution in [-0.4, -0.2) is 13.2 Å². The maximum absolute atomic E-state index is 6.41. The second kappa shape index (κ2) is 6.62. The summed E-state index contributed by atoms with van der Waals surface area (Å²) >= 11 is 6.41. The van der Waals surface area contributed by atoms with E-state index in [4.69, 9.17) is 22.1 Å². The molecule has 3 heteroatoms. The molecule has 0 spiro atoms. The second-order valence-corrected chi connectivity index (χ2v) is 6.00. The van der Waals surface area contributed by atoms with Crippen LogP contribution in [0.25, 0.3) is 0 Å².